The summed E-state index contributed by atoms with van der Waals surface area (Å²) < 4.78 is 43.5. The van der Waals surface area contributed by atoms with Gasteiger partial charge >= 0.3 is 12.2 Å². The zero-order valence-corrected chi connectivity index (χ0v) is 23.0. The predicted octanol–water partition coefficient (Wildman–Crippen LogP) is 6.56. The van der Waals surface area contributed by atoms with Crippen LogP contribution in [0, 0.1) is 0 Å². The van der Waals surface area contributed by atoms with Gasteiger partial charge in [0.2, 0.25) is 0 Å². The van der Waals surface area contributed by atoms with Crippen molar-refractivity contribution in [1.29, 1.82) is 0 Å². The van der Waals surface area contributed by atoms with Gasteiger partial charge in [0.05, 0.1) is 20.7 Å². The normalized spacial score (nSPS) is 18.2. The van der Waals surface area contributed by atoms with E-state index in [0.717, 1.165) is 17.3 Å². The van der Waals surface area contributed by atoms with Crippen LogP contribution in [0.15, 0.2) is 34.9 Å². The third-order valence-electron chi connectivity index (χ3n) is 6.30. The molecule has 1 unspecified atom stereocenters. The van der Waals surface area contributed by atoms with Gasteiger partial charge in [-0.3, -0.25) is 4.79 Å². The molecule has 0 spiro atoms. The monoisotopic (exact) mass is 619 g/mol. The van der Waals surface area contributed by atoms with Crippen molar-refractivity contribution in [1.82, 2.24) is 19.9 Å². The van der Waals surface area contributed by atoms with Crippen molar-refractivity contribution in [3.8, 4) is 6.01 Å². The summed E-state index contributed by atoms with van der Waals surface area (Å²) in [4.78, 5) is 31.5. The van der Waals surface area contributed by atoms with E-state index in [2.05, 4.69) is 15.1 Å². The maximum Gasteiger partial charge on any atom is 0.433 e. The summed E-state index contributed by atoms with van der Waals surface area (Å²) in [5.74, 6) is -0.197. The van der Waals surface area contributed by atoms with Crippen molar-refractivity contribution >= 4 is 57.8 Å². The largest absolute Gasteiger partial charge is 0.453 e. The van der Waals surface area contributed by atoms with Crippen LogP contribution in [-0.2, 0) is 15.8 Å². The fourth-order valence-electron chi connectivity index (χ4n) is 4.31. The minimum atomic E-state index is -4.63. The van der Waals surface area contributed by atoms with Crippen LogP contribution in [0.1, 0.15) is 53.2 Å². The number of thiazole rings is 1. The number of ether oxygens (including phenoxy) is 1. The summed E-state index contributed by atoms with van der Waals surface area (Å²) in [6.07, 6.45) is -2.32. The molecule has 1 amide bonds. The number of likely N-dealkylation sites (tertiary alicyclic amines) is 1. The molecule has 2 aliphatic rings. The standard InChI is InChI=1S/C24H19Cl3F3N5O3S/c25-13-7-14(26)21(15(27)8-13)18-9-16(34-38-18)17-11-39-22(32-17)12-2-5-35(6-3-12)20(36)10-37-23-31-4-1-19(33-23)24(28,29)30/h1,4,7-8,11-12,18H,2-3,5-6,9-10H2. The Hall–Kier alpha value is -2.67. The SMILES string of the molecule is O=C(COc1nccc(C(F)(F)F)n1)N1CCC(c2nc(C3=NOC(c4c(Cl)cc(Cl)cc4Cl)C3)cs2)CC1. The zero-order valence-electron chi connectivity index (χ0n) is 19.9. The highest BCUT2D eigenvalue weighted by molar-refractivity contribution is 7.10. The first-order valence-corrected chi connectivity index (χ1v) is 13.7. The molecule has 8 nitrogen and oxygen atoms in total. The molecule has 15 heteroatoms. The number of carbonyl (C=O) groups is 1. The molecule has 4 heterocycles. The molecule has 0 aliphatic carbocycles. The molecular formula is C24H19Cl3F3N5O3S. The molecule has 39 heavy (non-hydrogen) atoms. The second kappa shape index (κ2) is 11.4. The van der Waals surface area contributed by atoms with E-state index in [0.29, 0.717) is 64.4 Å². The highest BCUT2D eigenvalue weighted by atomic mass is 35.5. The molecule has 0 N–H and O–H groups in total. The van der Waals surface area contributed by atoms with E-state index in [-0.39, 0.29) is 11.8 Å². The fraction of sp³-hybridized carbons (Fsp3) is 0.375. The number of amides is 1. The number of oxime groups is 1. The number of halogens is 6. The summed E-state index contributed by atoms with van der Waals surface area (Å²) in [6.45, 7) is 0.478. The van der Waals surface area contributed by atoms with Gasteiger partial charge in [0.15, 0.2) is 18.4 Å². The number of benzene rings is 1. The quantitative estimate of drug-likeness (QED) is 0.310. The van der Waals surface area contributed by atoms with E-state index < -0.39 is 30.6 Å². The lowest BCUT2D eigenvalue weighted by molar-refractivity contribution is -0.141. The molecule has 2 aromatic heterocycles. The lowest BCUT2D eigenvalue weighted by atomic mass is 9.97. The number of rotatable bonds is 6. The molecule has 1 fully saturated rings. The fourth-order valence-corrected chi connectivity index (χ4v) is 6.37. The Kier molecular flexibility index (Phi) is 8.18. The number of carbonyl (C=O) groups excluding carboxylic acids is 1. The van der Waals surface area contributed by atoms with E-state index >= 15 is 0 Å². The molecule has 1 atom stereocenters. The van der Waals surface area contributed by atoms with E-state index in [9.17, 15) is 18.0 Å². The van der Waals surface area contributed by atoms with Crippen molar-refractivity contribution in [3.05, 3.63) is 66.8 Å². The number of hydrogen-bond donors (Lipinski definition) is 0. The van der Waals surface area contributed by atoms with Crippen LogP contribution in [0.4, 0.5) is 13.2 Å². The summed E-state index contributed by atoms with van der Waals surface area (Å²) in [5, 5.41) is 8.29. The molecule has 206 valence electrons. The Balaban J connectivity index is 1.13. The third-order valence-corrected chi connectivity index (χ3v) is 8.15. The van der Waals surface area contributed by atoms with Crippen molar-refractivity contribution in [2.75, 3.05) is 19.7 Å². The van der Waals surface area contributed by atoms with Gasteiger partial charge in [0, 0.05) is 47.6 Å². The van der Waals surface area contributed by atoms with E-state index in [4.69, 9.17) is 49.4 Å². The molecule has 3 aromatic rings. The number of piperidine rings is 1. The van der Waals surface area contributed by atoms with Gasteiger partial charge in [-0.05, 0) is 31.0 Å². The number of hydrogen-bond acceptors (Lipinski definition) is 8. The van der Waals surface area contributed by atoms with Crippen LogP contribution in [0.25, 0.3) is 0 Å². The maximum absolute atomic E-state index is 12.8. The lowest BCUT2D eigenvalue weighted by Gasteiger charge is -2.31. The highest BCUT2D eigenvalue weighted by Crippen LogP contribution is 2.40. The number of alkyl halides is 3. The summed E-state index contributed by atoms with van der Waals surface area (Å²) in [5.41, 5.74) is 0.891. The minimum absolute atomic E-state index is 0.152. The molecule has 0 bridgehead atoms. The maximum atomic E-state index is 12.8. The summed E-state index contributed by atoms with van der Waals surface area (Å²) in [6, 6.07) is 3.45. The molecule has 1 aromatic carbocycles. The second-order valence-corrected chi connectivity index (χ2v) is 11.0. The first kappa shape index (κ1) is 27.9. The molecule has 5 rings (SSSR count). The summed E-state index contributed by atoms with van der Waals surface area (Å²) in [7, 11) is 0. The Bertz CT molecular complexity index is 1390. The van der Waals surface area contributed by atoms with Crippen LogP contribution < -0.4 is 4.74 Å². The second-order valence-electron chi connectivity index (χ2n) is 8.86. The third kappa shape index (κ3) is 6.40. The number of nitrogens with zero attached hydrogens (tertiary/aromatic N) is 5. The van der Waals surface area contributed by atoms with E-state index in [1.807, 2.05) is 5.38 Å². The van der Waals surface area contributed by atoms with Gasteiger partial charge in [-0.15, -0.1) is 11.3 Å². The number of aromatic nitrogens is 3. The van der Waals surface area contributed by atoms with Crippen molar-refractivity contribution in [2.45, 2.75) is 37.5 Å². The van der Waals surface area contributed by atoms with Crippen molar-refractivity contribution in [3.63, 3.8) is 0 Å². The Labute approximate surface area is 239 Å². The first-order valence-electron chi connectivity index (χ1n) is 11.7. The molecule has 1 saturated heterocycles. The lowest BCUT2D eigenvalue weighted by Crippen LogP contribution is -2.40. The molecule has 2 aliphatic heterocycles. The average molecular weight is 621 g/mol. The van der Waals surface area contributed by atoms with Gasteiger partial charge in [0.25, 0.3) is 5.91 Å². The Morgan fingerprint density at radius 3 is 2.56 bits per heavy atom. The van der Waals surface area contributed by atoms with Gasteiger partial charge in [-0.25, -0.2) is 9.97 Å². The molecule has 0 saturated carbocycles. The van der Waals surface area contributed by atoms with Crippen LogP contribution in [0.3, 0.4) is 0 Å². The van der Waals surface area contributed by atoms with Crippen LogP contribution in [0.2, 0.25) is 15.1 Å². The van der Waals surface area contributed by atoms with Crippen molar-refractivity contribution < 1.29 is 27.5 Å². The zero-order chi connectivity index (χ0) is 27.7. The predicted molar refractivity (Wildman–Crippen MR) is 140 cm³/mol. The van der Waals surface area contributed by atoms with E-state index in [1.165, 1.54) is 11.3 Å². The van der Waals surface area contributed by atoms with Crippen LogP contribution >= 0.6 is 46.1 Å². The summed E-state index contributed by atoms with van der Waals surface area (Å²) >= 11 is 20.2. The first-order chi connectivity index (χ1) is 18.6. The minimum Gasteiger partial charge on any atom is -0.453 e. The topological polar surface area (TPSA) is 89.8 Å². The average Bonchev–Trinajstić information content (AvgIpc) is 3.57. The smallest absolute Gasteiger partial charge is 0.433 e. The van der Waals surface area contributed by atoms with Gasteiger partial charge in [0.1, 0.15) is 5.71 Å². The molecular weight excluding hydrogens is 602 g/mol. The van der Waals surface area contributed by atoms with Crippen LogP contribution in [0.5, 0.6) is 6.01 Å². The van der Waals surface area contributed by atoms with Gasteiger partial charge in [-0.2, -0.15) is 18.2 Å². The molecule has 0 radical (unpaired) electrons. The Morgan fingerprint density at radius 1 is 1.15 bits per heavy atom. The highest BCUT2D eigenvalue weighted by Gasteiger charge is 2.34. The Morgan fingerprint density at radius 2 is 1.87 bits per heavy atom. The van der Waals surface area contributed by atoms with E-state index in [1.54, 1.807) is 17.0 Å². The van der Waals surface area contributed by atoms with Gasteiger partial charge in [-0.1, -0.05) is 40.0 Å². The van der Waals surface area contributed by atoms with Gasteiger partial charge < -0.3 is 14.5 Å². The van der Waals surface area contributed by atoms with Crippen LogP contribution in [-0.4, -0.2) is 51.2 Å². The van der Waals surface area contributed by atoms with Crippen molar-refractivity contribution in [2.24, 2.45) is 5.16 Å².